The standard InChI is InChI=1S/C6H5I2NO2S/c7-1-3-5(6(10)11)12-4(2-8)9-3/h1-2H2,(H,10,11). The van der Waals surface area contributed by atoms with Crippen LogP contribution in [0.1, 0.15) is 20.4 Å². The number of thiazole rings is 1. The predicted octanol–water partition coefficient (Wildman–Crippen LogP) is 2.71. The Kier molecular flexibility index (Phi) is 4.17. The minimum atomic E-state index is -0.865. The lowest BCUT2D eigenvalue weighted by molar-refractivity contribution is 0.0701. The molecule has 0 fully saturated rings. The smallest absolute Gasteiger partial charge is 0.347 e. The number of carboxylic acid groups (broad SMARTS) is 1. The fourth-order valence-corrected chi connectivity index (χ4v) is 2.93. The zero-order chi connectivity index (χ0) is 9.14. The van der Waals surface area contributed by atoms with Crippen LogP contribution in [0.15, 0.2) is 0 Å². The Hall–Kier alpha value is 0.560. The van der Waals surface area contributed by atoms with Crippen LogP contribution < -0.4 is 0 Å². The molecule has 0 unspecified atom stereocenters. The van der Waals surface area contributed by atoms with Crippen LogP contribution in [0.25, 0.3) is 0 Å². The van der Waals surface area contributed by atoms with E-state index in [4.69, 9.17) is 5.11 Å². The molecule has 0 bridgehead atoms. The van der Waals surface area contributed by atoms with E-state index in [9.17, 15) is 4.79 Å². The molecule has 1 aromatic rings. The van der Waals surface area contributed by atoms with Crippen LogP contribution in [-0.2, 0) is 8.86 Å². The highest BCUT2D eigenvalue weighted by atomic mass is 127. The van der Waals surface area contributed by atoms with Gasteiger partial charge in [-0.05, 0) is 0 Å². The van der Waals surface area contributed by atoms with E-state index in [0.29, 0.717) is 15.0 Å². The summed E-state index contributed by atoms with van der Waals surface area (Å²) in [6.45, 7) is 0. The Balaban J connectivity index is 3.08. The highest BCUT2D eigenvalue weighted by molar-refractivity contribution is 14.1. The van der Waals surface area contributed by atoms with Gasteiger partial charge in [0.2, 0.25) is 0 Å². The molecule has 1 N–H and O–H groups in total. The molecule has 12 heavy (non-hydrogen) atoms. The fraction of sp³-hybridized carbons (Fsp3) is 0.333. The van der Waals surface area contributed by atoms with Crippen molar-refractivity contribution < 1.29 is 9.90 Å². The number of rotatable bonds is 3. The van der Waals surface area contributed by atoms with Gasteiger partial charge in [-0.2, -0.15) is 0 Å². The summed E-state index contributed by atoms with van der Waals surface area (Å²) in [5.74, 6) is -0.865. The first kappa shape index (κ1) is 10.6. The Bertz CT molecular complexity index is 300. The first-order valence-electron chi connectivity index (χ1n) is 3.02. The molecule has 0 aliphatic heterocycles. The van der Waals surface area contributed by atoms with Crippen LogP contribution >= 0.6 is 56.5 Å². The molecule has 0 saturated heterocycles. The van der Waals surface area contributed by atoms with Crippen LogP contribution in [0.3, 0.4) is 0 Å². The van der Waals surface area contributed by atoms with Gasteiger partial charge in [-0.1, -0.05) is 45.2 Å². The normalized spacial score (nSPS) is 10.2. The summed E-state index contributed by atoms with van der Waals surface area (Å²) in [7, 11) is 0. The molecule has 0 spiro atoms. The topological polar surface area (TPSA) is 50.2 Å². The number of carbonyl (C=O) groups is 1. The molecule has 6 heteroatoms. The van der Waals surface area contributed by atoms with Gasteiger partial charge in [0.15, 0.2) is 0 Å². The highest BCUT2D eigenvalue weighted by Crippen LogP contribution is 2.22. The van der Waals surface area contributed by atoms with E-state index in [2.05, 4.69) is 50.2 Å². The molecule has 1 aromatic heterocycles. The van der Waals surface area contributed by atoms with Gasteiger partial charge in [0.1, 0.15) is 9.88 Å². The third-order valence-electron chi connectivity index (χ3n) is 1.18. The monoisotopic (exact) mass is 409 g/mol. The lowest BCUT2D eigenvalue weighted by Crippen LogP contribution is -1.96. The second-order valence-corrected chi connectivity index (χ2v) is 4.57. The molecule has 0 saturated carbocycles. The largest absolute Gasteiger partial charge is 0.477 e. The number of aromatic nitrogens is 1. The second-order valence-electron chi connectivity index (χ2n) is 1.96. The van der Waals surface area contributed by atoms with Gasteiger partial charge in [-0.15, -0.1) is 11.3 Å². The van der Waals surface area contributed by atoms with Crippen molar-refractivity contribution in [2.45, 2.75) is 8.86 Å². The third-order valence-corrected chi connectivity index (χ3v) is 4.23. The molecule has 0 radical (unpaired) electrons. The SMILES string of the molecule is O=C(O)c1sc(CI)nc1CI. The molecule has 66 valence electrons. The number of carboxylic acids is 1. The van der Waals surface area contributed by atoms with Crippen molar-refractivity contribution in [3.05, 3.63) is 15.6 Å². The summed E-state index contributed by atoms with van der Waals surface area (Å²) in [6.07, 6.45) is 0. The van der Waals surface area contributed by atoms with Crippen molar-refractivity contribution in [1.82, 2.24) is 4.98 Å². The van der Waals surface area contributed by atoms with E-state index < -0.39 is 5.97 Å². The van der Waals surface area contributed by atoms with Crippen molar-refractivity contribution in [2.75, 3.05) is 0 Å². The predicted molar refractivity (Wildman–Crippen MR) is 64.5 cm³/mol. The zero-order valence-electron chi connectivity index (χ0n) is 5.88. The third kappa shape index (κ3) is 2.28. The summed E-state index contributed by atoms with van der Waals surface area (Å²) >= 11 is 5.57. The quantitative estimate of drug-likeness (QED) is 0.618. The van der Waals surface area contributed by atoms with Gasteiger partial charge >= 0.3 is 5.97 Å². The van der Waals surface area contributed by atoms with Crippen LogP contribution in [0.4, 0.5) is 0 Å². The van der Waals surface area contributed by atoms with Gasteiger partial charge in [0.25, 0.3) is 0 Å². The maximum absolute atomic E-state index is 10.7. The average molecular weight is 409 g/mol. The molecule has 0 aliphatic rings. The summed E-state index contributed by atoms with van der Waals surface area (Å²) in [5, 5.41) is 9.66. The Morgan fingerprint density at radius 3 is 2.50 bits per heavy atom. The number of hydrogen-bond acceptors (Lipinski definition) is 3. The fourth-order valence-electron chi connectivity index (χ4n) is 0.716. The van der Waals surface area contributed by atoms with Gasteiger partial charge in [0.05, 0.1) is 10.1 Å². The Labute approximate surface area is 101 Å². The molecule has 0 aromatic carbocycles. The van der Waals surface area contributed by atoms with E-state index in [-0.39, 0.29) is 0 Å². The molecule has 3 nitrogen and oxygen atoms in total. The summed E-state index contributed by atoms with van der Waals surface area (Å²) < 4.78 is 1.44. The van der Waals surface area contributed by atoms with Crippen LogP contribution in [-0.4, -0.2) is 16.1 Å². The zero-order valence-corrected chi connectivity index (χ0v) is 11.0. The first-order valence-corrected chi connectivity index (χ1v) is 6.89. The van der Waals surface area contributed by atoms with E-state index in [0.717, 1.165) is 9.44 Å². The van der Waals surface area contributed by atoms with Crippen molar-refractivity contribution in [3.63, 3.8) is 0 Å². The lowest BCUT2D eigenvalue weighted by atomic mass is 10.4. The molecule has 1 rings (SSSR count). The van der Waals surface area contributed by atoms with E-state index in [1.54, 1.807) is 0 Å². The summed E-state index contributed by atoms with van der Waals surface area (Å²) in [4.78, 5) is 15.3. The van der Waals surface area contributed by atoms with Gasteiger partial charge < -0.3 is 5.11 Å². The molecule has 1 heterocycles. The number of alkyl halides is 2. The lowest BCUT2D eigenvalue weighted by Gasteiger charge is -1.88. The van der Waals surface area contributed by atoms with E-state index >= 15 is 0 Å². The maximum atomic E-state index is 10.7. The second kappa shape index (κ2) is 4.70. The van der Waals surface area contributed by atoms with Crippen LogP contribution in [0.5, 0.6) is 0 Å². The molecular formula is C6H5I2NO2S. The minimum absolute atomic E-state index is 0.385. The Morgan fingerprint density at radius 1 is 1.50 bits per heavy atom. The molecule has 0 amide bonds. The minimum Gasteiger partial charge on any atom is -0.477 e. The number of aromatic carboxylic acids is 1. The van der Waals surface area contributed by atoms with Crippen molar-refractivity contribution in [3.8, 4) is 0 Å². The van der Waals surface area contributed by atoms with Gasteiger partial charge in [-0.3, -0.25) is 0 Å². The highest BCUT2D eigenvalue weighted by Gasteiger charge is 2.15. The Morgan fingerprint density at radius 2 is 2.17 bits per heavy atom. The van der Waals surface area contributed by atoms with Crippen molar-refractivity contribution in [2.24, 2.45) is 0 Å². The van der Waals surface area contributed by atoms with E-state index in [1.165, 1.54) is 11.3 Å². The van der Waals surface area contributed by atoms with Crippen molar-refractivity contribution >= 4 is 62.5 Å². The molecule has 0 atom stereocenters. The van der Waals surface area contributed by atoms with E-state index in [1.807, 2.05) is 0 Å². The van der Waals surface area contributed by atoms with Crippen LogP contribution in [0.2, 0.25) is 0 Å². The van der Waals surface area contributed by atoms with Gasteiger partial charge in [0, 0.05) is 4.43 Å². The number of hydrogen-bond donors (Lipinski definition) is 1. The molecule has 0 aliphatic carbocycles. The molecular weight excluding hydrogens is 404 g/mol. The average Bonchev–Trinajstić information content (AvgIpc) is 2.47. The maximum Gasteiger partial charge on any atom is 0.347 e. The summed E-state index contributed by atoms with van der Waals surface area (Å²) in [5.41, 5.74) is 0.694. The van der Waals surface area contributed by atoms with Crippen LogP contribution in [0, 0.1) is 0 Å². The van der Waals surface area contributed by atoms with Gasteiger partial charge in [-0.25, -0.2) is 9.78 Å². The first-order chi connectivity index (χ1) is 5.69. The summed E-state index contributed by atoms with van der Waals surface area (Å²) in [6, 6.07) is 0. The number of nitrogens with zero attached hydrogens (tertiary/aromatic N) is 1. The van der Waals surface area contributed by atoms with Crippen molar-refractivity contribution in [1.29, 1.82) is 0 Å². The number of halogens is 2.